The van der Waals surface area contributed by atoms with E-state index in [-0.39, 0.29) is 0 Å². The van der Waals surface area contributed by atoms with Crippen molar-refractivity contribution in [3.8, 4) is 0 Å². The molecule has 82 valence electrons. The first-order valence-electron chi connectivity index (χ1n) is 5.05. The molecule has 1 aromatic carbocycles. The van der Waals surface area contributed by atoms with Crippen molar-refractivity contribution in [2.45, 2.75) is 13.1 Å². The van der Waals surface area contributed by atoms with Crippen molar-refractivity contribution in [2.75, 3.05) is 0 Å². The molecule has 0 saturated carbocycles. The van der Waals surface area contributed by atoms with E-state index < -0.39 is 0 Å². The van der Waals surface area contributed by atoms with Crippen LogP contribution in [-0.4, -0.2) is 9.97 Å². The summed E-state index contributed by atoms with van der Waals surface area (Å²) in [6.07, 6.45) is 3.32. The third kappa shape index (κ3) is 3.12. The first-order valence-corrected chi connectivity index (χ1v) is 5.84. The van der Waals surface area contributed by atoms with Crippen LogP contribution in [0.5, 0.6) is 0 Å². The maximum atomic E-state index is 4.15. The zero-order valence-electron chi connectivity index (χ0n) is 8.73. The van der Waals surface area contributed by atoms with Crippen LogP contribution in [0.15, 0.2) is 47.3 Å². The highest BCUT2D eigenvalue weighted by Gasteiger charge is 1.98. The lowest BCUT2D eigenvalue weighted by atomic mass is 10.2. The van der Waals surface area contributed by atoms with E-state index in [9.17, 15) is 0 Å². The molecular formula is C12H12BrN3. The predicted molar refractivity (Wildman–Crippen MR) is 66.7 cm³/mol. The highest BCUT2D eigenvalue weighted by atomic mass is 79.9. The van der Waals surface area contributed by atoms with Crippen LogP contribution in [0, 0.1) is 0 Å². The molecule has 1 aromatic heterocycles. The molecule has 1 N–H and O–H groups in total. The van der Waals surface area contributed by atoms with Gasteiger partial charge in [0.15, 0.2) is 0 Å². The molecule has 3 nitrogen and oxygen atoms in total. The number of aromatic nitrogens is 2. The second-order valence-electron chi connectivity index (χ2n) is 3.40. The second-order valence-corrected chi connectivity index (χ2v) is 4.25. The van der Waals surface area contributed by atoms with Crippen LogP contribution < -0.4 is 5.32 Å². The summed E-state index contributed by atoms with van der Waals surface area (Å²) in [5, 5.41) is 3.34. The minimum atomic E-state index is 0.754. The molecule has 0 amide bonds. The van der Waals surface area contributed by atoms with Gasteiger partial charge >= 0.3 is 0 Å². The fraction of sp³-hybridized carbons (Fsp3) is 0.167. The zero-order chi connectivity index (χ0) is 11.2. The van der Waals surface area contributed by atoms with Gasteiger partial charge in [0.25, 0.3) is 0 Å². The Morgan fingerprint density at radius 2 is 2.00 bits per heavy atom. The topological polar surface area (TPSA) is 37.8 Å². The maximum Gasteiger partial charge on any atom is 0.115 e. The van der Waals surface area contributed by atoms with Gasteiger partial charge in [0.05, 0.1) is 5.69 Å². The Bertz CT molecular complexity index is 445. The Balaban J connectivity index is 1.87. The Kier molecular flexibility index (Phi) is 4.02. The van der Waals surface area contributed by atoms with E-state index in [0.717, 1.165) is 23.3 Å². The van der Waals surface area contributed by atoms with Gasteiger partial charge in [0.1, 0.15) is 6.33 Å². The number of benzene rings is 1. The summed E-state index contributed by atoms with van der Waals surface area (Å²) in [6, 6.07) is 10.1. The van der Waals surface area contributed by atoms with Crippen LogP contribution in [0.25, 0.3) is 0 Å². The van der Waals surface area contributed by atoms with Gasteiger partial charge in [-0.1, -0.05) is 34.1 Å². The van der Waals surface area contributed by atoms with Gasteiger partial charge in [-0.25, -0.2) is 9.97 Å². The number of hydrogen-bond donors (Lipinski definition) is 1. The molecule has 0 spiro atoms. The largest absolute Gasteiger partial charge is 0.307 e. The maximum absolute atomic E-state index is 4.15. The van der Waals surface area contributed by atoms with Gasteiger partial charge in [-0.3, -0.25) is 0 Å². The molecule has 16 heavy (non-hydrogen) atoms. The molecule has 0 unspecified atom stereocenters. The summed E-state index contributed by atoms with van der Waals surface area (Å²) in [5.41, 5.74) is 2.25. The Morgan fingerprint density at radius 1 is 1.12 bits per heavy atom. The number of hydrogen-bond acceptors (Lipinski definition) is 3. The van der Waals surface area contributed by atoms with E-state index in [1.54, 1.807) is 12.5 Å². The van der Waals surface area contributed by atoms with Crippen LogP contribution in [0.3, 0.4) is 0 Å². The van der Waals surface area contributed by atoms with E-state index in [1.165, 1.54) is 5.56 Å². The summed E-state index contributed by atoms with van der Waals surface area (Å²) < 4.78 is 1.13. The molecule has 1 heterocycles. The van der Waals surface area contributed by atoms with E-state index in [2.05, 4.69) is 37.3 Å². The molecule has 2 rings (SSSR count). The third-order valence-corrected chi connectivity index (χ3v) is 3.00. The lowest BCUT2D eigenvalue weighted by Crippen LogP contribution is -2.13. The summed E-state index contributed by atoms with van der Waals surface area (Å²) >= 11 is 3.52. The molecule has 0 atom stereocenters. The highest BCUT2D eigenvalue weighted by Crippen LogP contribution is 2.15. The van der Waals surface area contributed by atoms with Gasteiger partial charge in [-0.05, 0) is 17.7 Å². The second kappa shape index (κ2) is 5.72. The minimum absolute atomic E-state index is 0.754. The van der Waals surface area contributed by atoms with E-state index in [4.69, 9.17) is 0 Å². The van der Waals surface area contributed by atoms with Gasteiger partial charge in [0, 0.05) is 23.8 Å². The van der Waals surface area contributed by atoms with Crippen LogP contribution in [0.2, 0.25) is 0 Å². The molecule has 0 fully saturated rings. The smallest absolute Gasteiger partial charge is 0.115 e. The molecule has 0 aliphatic carbocycles. The van der Waals surface area contributed by atoms with Gasteiger partial charge in [0.2, 0.25) is 0 Å². The molecule has 0 aliphatic rings. The Hall–Kier alpha value is -1.26. The zero-order valence-corrected chi connectivity index (χ0v) is 10.3. The van der Waals surface area contributed by atoms with Crippen molar-refractivity contribution in [3.05, 3.63) is 58.6 Å². The fourth-order valence-corrected chi connectivity index (χ4v) is 1.81. The predicted octanol–water partition coefficient (Wildman–Crippen LogP) is 2.53. The number of nitrogens with one attached hydrogen (secondary N) is 1. The standard InChI is InChI=1S/C12H12BrN3/c13-12-4-2-1-3-10(12)7-15-8-11-5-6-14-9-16-11/h1-6,9,15H,7-8H2. The minimum Gasteiger partial charge on any atom is -0.307 e. The average Bonchev–Trinajstić information content (AvgIpc) is 2.33. The number of nitrogens with zero attached hydrogens (tertiary/aromatic N) is 2. The molecular weight excluding hydrogens is 266 g/mol. The molecule has 0 saturated heterocycles. The summed E-state index contributed by atoms with van der Waals surface area (Å²) in [7, 11) is 0. The molecule has 0 bridgehead atoms. The fourth-order valence-electron chi connectivity index (χ4n) is 1.39. The van der Waals surface area contributed by atoms with Crippen LogP contribution >= 0.6 is 15.9 Å². The van der Waals surface area contributed by atoms with Crippen LogP contribution in [0.4, 0.5) is 0 Å². The lowest BCUT2D eigenvalue weighted by molar-refractivity contribution is 0.676. The van der Waals surface area contributed by atoms with E-state index in [0.29, 0.717) is 0 Å². The summed E-state index contributed by atoms with van der Waals surface area (Å²) in [5.74, 6) is 0. The Morgan fingerprint density at radius 3 is 2.75 bits per heavy atom. The Labute approximate surface area is 103 Å². The molecule has 0 aliphatic heterocycles. The van der Waals surface area contributed by atoms with Crippen LogP contribution in [0.1, 0.15) is 11.3 Å². The van der Waals surface area contributed by atoms with Crippen molar-refractivity contribution >= 4 is 15.9 Å². The van der Waals surface area contributed by atoms with Crippen molar-refractivity contribution in [1.82, 2.24) is 15.3 Å². The highest BCUT2D eigenvalue weighted by molar-refractivity contribution is 9.10. The number of halogens is 1. The quantitative estimate of drug-likeness (QED) is 0.933. The van der Waals surface area contributed by atoms with Crippen LogP contribution in [-0.2, 0) is 13.1 Å². The van der Waals surface area contributed by atoms with Gasteiger partial charge < -0.3 is 5.32 Å². The molecule has 0 radical (unpaired) electrons. The molecule has 2 aromatic rings. The van der Waals surface area contributed by atoms with Crippen molar-refractivity contribution in [1.29, 1.82) is 0 Å². The summed E-state index contributed by atoms with van der Waals surface area (Å²) in [4.78, 5) is 8.03. The normalized spacial score (nSPS) is 10.3. The third-order valence-electron chi connectivity index (χ3n) is 2.22. The van der Waals surface area contributed by atoms with Crippen molar-refractivity contribution in [3.63, 3.8) is 0 Å². The lowest BCUT2D eigenvalue weighted by Gasteiger charge is -2.05. The van der Waals surface area contributed by atoms with Crippen molar-refractivity contribution < 1.29 is 0 Å². The number of rotatable bonds is 4. The van der Waals surface area contributed by atoms with Crippen molar-refractivity contribution in [2.24, 2.45) is 0 Å². The first kappa shape index (κ1) is 11.2. The first-order chi connectivity index (χ1) is 7.86. The van der Waals surface area contributed by atoms with E-state index >= 15 is 0 Å². The summed E-state index contributed by atoms with van der Waals surface area (Å²) in [6.45, 7) is 1.58. The SMILES string of the molecule is Brc1ccccc1CNCc1ccncn1. The van der Waals surface area contributed by atoms with Gasteiger partial charge in [-0.15, -0.1) is 0 Å². The average molecular weight is 278 g/mol. The molecule has 4 heteroatoms. The van der Waals surface area contributed by atoms with Gasteiger partial charge in [-0.2, -0.15) is 0 Å². The van der Waals surface area contributed by atoms with E-state index in [1.807, 2.05) is 24.3 Å². The monoisotopic (exact) mass is 277 g/mol.